The lowest BCUT2D eigenvalue weighted by atomic mass is 10.2. The van der Waals surface area contributed by atoms with Gasteiger partial charge in [0, 0.05) is 18.9 Å². The molecule has 2 N–H and O–H groups in total. The molecular formula is C13H21NO3S2. The van der Waals surface area contributed by atoms with E-state index >= 15 is 0 Å². The van der Waals surface area contributed by atoms with Gasteiger partial charge in [0.2, 0.25) is 10.0 Å². The largest absolute Gasteiger partial charge is 0.396 e. The predicted molar refractivity (Wildman–Crippen MR) is 80.0 cm³/mol. The van der Waals surface area contributed by atoms with Crippen LogP contribution in [0, 0.1) is 0 Å². The number of aliphatic hydroxyl groups excluding tert-OH is 1. The lowest BCUT2D eigenvalue weighted by molar-refractivity contribution is 0.296. The van der Waals surface area contributed by atoms with Gasteiger partial charge in [0.25, 0.3) is 0 Å². The maximum absolute atomic E-state index is 12.0. The van der Waals surface area contributed by atoms with Crippen LogP contribution in [-0.4, -0.2) is 38.2 Å². The zero-order valence-electron chi connectivity index (χ0n) is 11.1. The van der Waals surface area contributed by atoms with Gasteiger partial charge in [0.15, 0.2) is 0 Å². The molecule has 0 amide bonds. The van der Waals surface area contributed by atoms with Crippen LogP contribution in [0.15, 0.2) is 29.2 Å². The quantitative estimate of drug-likeness (QED) is 0.681. The van der Waals surface area contributed by atoms with Gasteiger partial charge in [-0.05, 0) is 36.3 Å². The molecule has 0 unspecified atom stereocenters. The highest BCUT2D eigenvalue weighted by molar-refractivity contribution is 7.99. The highest BCUT2D eigenvalue weighted by atomic mass is 32.2. The first-order valence-electron chi connectivity index (χ1n) is 6.37. The Kier molecular flexibility index (Phi) is 7.45. The molecule has 0 saturated carbocycles. The molecule has 19 heavy (non-hydrogen) atoms. The monoisotopic (exact) mass is 303 g/mol. The van der Waals surface area contributed by atoms with Gasteiger partial charge in [-0.3, -0.25) is 0 Å². The Labute approximate surface area is 119 Å². The summed E-state index contributed by atoms with van der Waals surface area (Å²) in [6.07, 6.45) is 1.64. The molecule has 4 nitrogen and oxygen atoms in total. The number of hydrogen-bond acceptors (Lipinski definition) is 4. The SMILES string of the molecule is CCc1ccc(S(=O)(=O)NCCSCCCO)cc1. The van der Waals surface area contributed by atoms with Crippen molar-refractivity contribution in [3.05, 3.63) is 29.8 Å². The van der Waals surface area contributed by atoms with Gasteiger partial charge in [-0.2, -0.15) is 11.8 Å². The number of sulfonamides is 1. The molecule has 108 valence electrons. The second-order valence-electron chi connectivity index (χ2n) is 4.08. The molecule has 0 aliphatic rings. The smallest absolute Gasteiger partial charge is 0.240 e. The summed E-state index contributed by atoms with van der Waals surface area (Å²) in [4.78, 5) is 0.310. The van der Waals surface area contributed by atoms with E-state index in [1.165, 1.54) is 0 Å². The Morgan fingerprint density at radius 3 is 2.47 bits per heavy atom. The number of hydrogen-bond donors (Lipinski definition) is 2. The van der Waals surface area contributed by atoms with Crippen molar-refractivity contribution in [1.82, 2.24) is 4.72 Å². The molecule has 1 aromatic rings. The number of thioether (sulfide) groups is 1. The molecule has 6 heteroatoms. The summed E-state index contributed by atoms with van der Waals surface area (Å²) in [6, 6.07) is 6.95. The molecule has 0 aliphatic heterocycles. The molecule has 0 aliphatic carbocycles. The lowest BCUT2D eigenvalue weighted by Gasteiger charge is -2.07. The first-order valence-corrected chi connectivity index (χ1v) is 9.01. The summed E-state index contributed by atoms with van der Waals surface area (Å²) in [7, 11) is -3.39. The lowest BCUT2D eigenvalue weighted by Crippen LogP contribution is -2.26. The molecule has 0 radical (unpaired) electrons. The molecule has 0 atom stereocenters. The van der Waals surface area contributed by atoms with E-state index in [9.17, 15) is 8.42 Å². The van der Waals surface area contributed by atoms with Gasteiger partial charge in [-0.25, -0.2) is 13.1 Å². The Balaban J connectivity index is 2.42. The van der Waals surface area contributed by atoms with Crippen molar-refractivity contribution in [3.8, 4) is 0 Å². The molecule has 0 saturated heterocycles. The van der Waals surface area contributed by atoms with E-state index in [1.807, 2.05) is 19.1 Å². The van der Waals surface area contributed by atoms with Gasteiger partial charge in [-0.1, -0.05) is 19.1 Å². The molecule has 0 bridgehead atoms. The normalized spacial score (nSPS) is 11.7. The zero-order valence-corrected chi connectivity index (χ0v) is 12.8. The average molecular weight is 303 g/mol. The van der Waals surface area contributed by atoms with Crippen LogP contribution in [0.1, 0.15) is 18.9 Å². The Morgan fingerprint density at radius 2 is 1.89 bits per heavy atom. The Morgan fingerprint density at radius 1 is 1.21 bits per heavy atom. The maximum atomic E-state index is 12.0. The summed E-state index contributed by atoms with van der Waals surface area (Å²) in [6.45, 7) is 2.63. The van der Waals surface area contributed by atoms with Crippen molar-refractivity contribution >= 4 is 21.8 Å². The summed E-state index contributed by atoms with van der Waals surface area (Å²) >= 11 is 1.63. The number of benzene rings is 1. The van der Waals surface area contributed by atoms with Crippen LogP contribution >= 0.6 is 11.8 Å². The van der Waals surface area contributed by atoms with Crippen molar-refractivity contribution in [2.45, 2.75) is 24.7 Å². The fourth-order valence-electron chi connectivity index (χ4n) is 1.50. The van der Waals surface area contributed by atoms with E-state index in [0.29, 0.717) is 17.2 Å². The van der Waals surface area contributed by atoms with E-state index in [-0.39, 0.29) is 6.61 Å². The summed E-state index contributed by atoms with van der Waals surface area (Å²) < 4.78 is 26.5. The van der Waals surface area contributed by atoms with Crippen LogP contribution in [0.2, 0.25) is 0 Å². The van der Waals surface area contributed by atoms with E-state index in [0.717, 1.165) is 24.2 Å². The molecule has 0 aromatic heterocycles. The molecule has 0 spiro atoms. The molecular weight excluding hydrogens is 282 g/mol. The van der Waals surface area contributed by atoms with Gasteiger partial charge in [0.05, 0.1) is 4.90 Å². The first kappa shape index (κ1) is 16.5. The predicted octanol–water partition coefficient (Wildman–Crippen LogP) is 1.64. The zero-order chi connectivity index (χ0) is 14.1. The molecule has 1 aromatic carbocycles. The second kappa shape index (κ2) is 8.58. The fraction of sp³-hybridized carbons (Fsp3) is 0.538. The maximum Gasteiger partial charge on any atom is 0.240 e. The molecule has 1 rings (SSSR count). The van der Waals surface area contributed by atoms with Crippen LogP contribution in [-0.2, 0) is 16.4 Å². The van der Waals surface area contributed by atoms with Crippen molar-refractivity contribution < 1.29 is 13.5 Å². The van der Waals surface area contributed by atoms with Gasteiger partial charge < -0.3 is 5.11 Å². The highest BCUT2D eigenvalue weighted by Gasteiger charge is 2.12. The van der Waals surface area contributed by atoms with E-state index < -0.39 is 10.0 Å². The minimum absolute atomic E-state index is 0.183. The summed E-state index contributed by atoms with van der Waals surface area (Å²) in [5, 5.41) is 8.62. The number of aliphatic hydroxyl groups is 1. The third-order valence-corrected chi connectivity index (χ3v) is 5.17. The van der Waals surface area contributed by atoms with Crippen molar-refractivity contribution in [1.29, 1.82) is 0 Å². The minimum Gasteiger partial charge on any atom is -0.396 e. The van der Waals surface area contributed by atoms with Crippen LogP contribution < -0.4 is 4.72 Å². The van der Waals surface area contributed by atoms with E-state index in [1.54, 1.807) is 23.9 Å². The molecule has 0 fully saturated rings. The number of nitrogens with one attached hydrogen (secondary N) is 1. The van der Waals surface area contributed by atoms with E-state index in [2.05, 4.69) is 4.72 Å². The fourth-order valence-corrected chi connectivity index (χ4v) is 3.45. The van der Waals surface area contributed by atoms with Crippen LogP contribution in [0.25, 0.3) is 0 Å². The third-order valence-electron chi connectivity index (χ3n) is 2.63. The second-order valence-corrected chi connectivity index (χ2v) is 7.08. The van der Waals surface area contributed by atoms with Gasteiger partial charge >= 0.3 is 0 Å². The number of rotatable bonds is 9. The van der Waals surface area contributed by atoms with Crippen LogP contribution in [0.3, 0.4) is 0 Å². The van der Waals surface area contributed by atoms with E-state index in [4.69, 9.17) is 5.11 Å². The van der Waals surface area contributed by atoms with Gasteiger partial charge in [0.1, 0.15) is 0 Å². The first-order chi connectivity index (χ1) is 9.10. The Bertz CT molecular complexity index is 457. The summed E-state index contributed by atoms with van der Waals surface area (Å²) in [5.74, 6) is 1.57. The topological polar surface area (TPSA) is 66.4 Å². The van der Waals surface area contributed by atoms with Crippen LogP contribution in [0.5, 0.6) is 0 Å². The highest BCUT2D eigenvalue weighted by Crippen LogP contribution is 2.11. The number of aryl methyl sites for hydroxylation is 1. The van der Waals surface area contributed by atoms with Crippen molar-refractivity contribution in [3.63, 3.8) is 0 Å². The van der Waals surface area contributed by atoms with Gasteiger partial charge in [-0.15, -0.1) is 0 Å². The summed E-state index contributed by atoms with van der Waals surface area (Å²) in [5.41, 5.74) is 1.12. The third kappa shape index (κ3) is 5.95. The minimum atomic E-state index is -3.39. The Hall–Kier alpha value is -0.560. The van der Waals surface area contributed by atoms with Crippen molar-refractivity contribution in [2.24, 2.45) is 0 Å². The molecule has 0 heterocycles. The van der Waals surface area contributed by atoms with Crippen LogP contribution in [0.4, 0.5) is 0 Å². The standard InChI is InChI=1S/C13H21NO3S2/c1-2-12-4-6-13(7-5-12)19(16,17)14-8-11-18-10-3-9-15/h4-7,14-15H,2-3,8-11H2,1H3. The average Bonchev–Trinajstić information content (AvgIpc) is 2.43. The van der Waals surface area contributed by atoms with Crippen molar-refractivity contribution in [2.75, 3.05) is 24.7 Å².